The van der Waals surface area contributed by atoms with Crippen LogP contribution in [0.15, 0.2) is 0 Å². The van der Waals surface area contributed by atoms with Crippen LogP contribution in [0.4, 0.5) is 22.0 Å². The molecule has 1 atom stereocenters. The monoisotopic (exact) mass is 317 g/mol. The third-order valence-corrected chi connectivity index (χ3v) is 3.68. The van der Waals surface area contributed by atoms with Gasteiger partial charge in [-0.05, 0) is 12.8 Å². The number of benzene rings is 1. The summed E-state index contributed by atoms with van der Waals surface area (Å²) in [5, 5.41) is 0. The lowest BCUT2D eigenvalue weighted by Gasteiger charge is -2.15. The molecular formula is C11H12F5NO2S. The summed E-state index contributed by atoms with van der Waals surface area (Å²) >= 11 is 0. The fraction of sp³-hybridized carbons (Fsp3) is 0.455. The van der Waals surface area contributed by atoms with E-state index in [0.717, 1.165) is 6.26 Å². The molecule has 0 fully saturated rings. The highest BCUT2D eigenvalue weighted by atomic mass is 32.2. The SMILES string of the molecule is CS(=O)(=O)CCCC(N)c1c(F)c(F)c(F)c(F)c1F. The maximum atomic E-state index is 13.4. The Morgan fingerprint density at radius 3 is 1.75 bits per heavy atom. The van der Waals surface area contributed by atoms with Crippen LogP contribution < -0.4 is 5.73 Å². The zero-order chi connectivity index (χ0) is 15.7. The van der Waals surface area contributed by atoms with Crippen LogP contribution in [0.5, 0.6) is 0 Å². The van der Waals surface area contributed by atoms with Gasteiger partial charge < -0.3 is 5.73 Å². The molecule has 0 aromatic heterocycles. The van der Waals surface area contributed by atoms with E-state index >= 15 is 0 Å². The Hall–Kier alpha value is -1.22. The molecule has 0 amide bonds. The Bertz CT molecular complexity index is 589. The van der Waals surface area contributed by atoms with Gasteiger partial charge in [0, 0.05) is 23.6 Å². The molecule has 0 spiro atoms. The Balaban J connectivity index is 3.02. The van der Waals surface area contributed by atoms with Gasteiger partial charge in [-0.1, -0.05) is 0 Å². The van der Waals surface area contributed by atoms with Crippen molar-refractivity contribution in [3.05, 3.63) is 34.6 Å². The van der Waals surface area contributed by atoms with Crippen LogP contribution in [0.1, 0.15) is 24.4 Å². The molecule has 0 aliphatic carbocycles. The summed E-state index contributed by atoms with van der Waals surface area (Å²) in [6, 6.07) is -1.48. The summed E-state index contributed by atoms with van der Waals surface area (Å²) in [5.41, 5.74) is 4.25. The Labute approximate surface area is 112 Å². The normalized spacial score (nSPS) is 13.6. The predicted molar refractivity (Wildman–Crippen MR) is 62.1 cm³/mol. The van der Waals surface area contributed by atoms with E-state index in [-0.39, 0.29) is 18.6 Å². The summed E-state index contributed by atoms with van der Waals surface area (Å²) < 4.78 is 87.3. The van der Waals surface area contributed by atoms with Gasteiger partial charge >= 0.3 is 0 Å². The molecule has 0 heterocycles. The van der Waals surface area contributed by atoms with Gasteiger partial charge in [-0.25, -0.2) is 30.4 Å². The van der Waals surface area contributed by atoms with Gasteiger partial charge in [0.25, 0.3) is 0 Å². The lowest BCUT2D eigenvalue weighted by molar-refractivity contribution is 0.362. The van der Waals surface area contributed by atoms with E-state index in [1.165, 1.54) is 0 Å². The summed E-state index contributed by atoms with van der Waals surface area (Å²) in [6.45, 7) is 0. The van der Waals surface area contributed by atoms with E-state index in [1.807, 2.05) is 0 Å². The summed E-state index contributed by atoms with van der Waals surface area (Å²) in [6.07, 6.45) is 0.668. The van der Waals surface area contributed by atoms with Crippen molar-refractivity contribution in [1.82, 2.24) is 0 Å². The molecule has 1 aromatic carbocycles. The van der Waals surface area contributed by atoms with Gasteiger partial charge in [-0.15, -0.1) is 0 Å². The third kappa shape index (κ3) is 3.66. The fourth-order valence-electron chi connectivity index (χ4n) is 1.66. The second-order valence-electron chi connectivity index (χ2n) is 4.36. The van der Waals surface area contributed by atoms with Crippen molar-refractivity contribution < 1.29 is 30.4 Å². The highest BCUT2D eigenvalue weighted by Gasteiger charge is 2.28. The van der Waals surface area contributed by atoms with Crippen molar-refractivity contribution in [3.63, 3.8) is 0 Å². The van der Waals surface area contributed by atoms with Crippen molar-refractivity contribution in [2.24, 2.45) is 5.73 Å². The number of halogens is 5. The first-order chi connectivity index (χ1) is 9.06. The maximum Gasteiger partial charge on any atom is 0.200 e. The lowest BCUT2D eigenvalue weighted by atomic mass is 10.0. The second-order valence-corrected chi connectivity index (χ2v) is 6.62. The number of sulfone groups is 1. The van der Waals surface area contributed by atoms with Crippen LogP contribution in [-0.2, 0) is 9.84 Å². The topological polar surface area (TPSA) is 60.2 Å². The van der Waals surface area contributed by atoms with Crippen molar-refractivity contribution in [3.8, 4) is 0 Å². The van der Waals surface area contributed by atoms with Gasteiger partial charge in [0.05, 0.1) is 0 Å². The van der Waals surface area contributed by atoms with Crippen LogP contribution >= 0.6 is 0 Å². The molecule has 20 heavy (non-hydrogen) atoms. The second kappa shape index (κ2) is 6.04. The minimum Gasteiger partial charge on any atom is -0.324 e. The number of nitrogens with two attached hydrogens (primary N) is 1. The first-order valence-electron chi connectivity index (χ1n) is 5.51. The van der Waals surface area contributed by atoms with Crippen molar-refractivity contribution >= 4 is 9.84 Å². The first-order valence-corrected chi connectivity index (χ1v) is 7.57. The van der Waals surface area contributed by atoms with Gasteiger partial charge in [-0.2, -0.15) is 0 Å². The average molecular weight is 317 g/mol. The van der Waals surface area contributed by atoms with Gasteiger partial charge in [0.2, 0.25) is 5.82 Å². The van der Waals surface area contributed by atoms with E-state index in [0.29, 0.717) is 0 Å². The standard InChI is InChI=1S/C11H12F5NO2S/c1-20(18,19)4-2-3-5(17)6-7(12)9(14)11(16)10(15)8(6)13/h5H,2-4,17H2,1H3. The molecule has 0 saturated heterocycles. The molecule has 0 bridgehead atoms. The molecule has 3 nitrogen and oxygen atoms in total. The molecule has 2 N–H and O–H groups in total. The minimum absolute atomic E-state index is 0.0561. The lowest BCUT2D eigenvalue weighted by Crippen LogP contribution is -2.19. The molecular weight excluding hydrogens is 305 g/mol. The molecule has 1 rings (SSSR count). The van der Waals surface area contributed by atoms with Crippen LogP contribution in [0.2, 0.25) is 0 Å². The Morgan fingerprint density at radius 2 is 1.35 bits per heavy atom. The molecule has 0 aliphatic heterocycles. The Kier molecular flexibility index (Phi) is 5.09. The zero-order valence-corrected chi connectivity index (χ0v) is 11.2. The molecule has 0 radical (unpaired) electrons. The van der Waals surface area contributed by atoms with E-state index in [9.17, 15) is 30.4 Å². The van der Waals surface area contributed by atoms with E-state index in [1.54, 1.807) is 0 Å². The van der Waals surface area contributed by atoms with Crippen LogP contribution in [0.25, 0.3) is 0 Å². The van der Waals surface area contributed by atoms with E-state index < -0.39 is 50.5 Å². The minimum atomic E-state index is -3.30. The molecule has 114 valence electrons. The molecule has 0 aliphatic rings. The molecule has 9 heteroatoms. The van der Waals surface area contributed by atoms with E-state index in [2.05, 4.69) is 0 Å². The predicted octanol–water partition coefficient (Wildman–Crippen LogP) is 2.21. The van der Waals surface area contributed by atoms with Gasteiger partial charge in [0.15, 0.2) is 23.3 Å². The van der Waals surface area contributed by atoms with Gasteiger partial charge in [-0.3, -0.25) is 0 Å². The van der Waals surface area contributed by atoms with Crippen LogP contribution in [0, 0.1) is 29.1 Å². The zero-order valence-electron chi connectivity index (χ0n) is 10.4. The largest absolute Gasteiger partial charge is 0.324 e. The van der Waals surface area contributed by atoms with Crippen molar-refractivity contribution in [2.75, 3.05) is 12.0 Å². The van der Waals surface area contributed by atoms with Gasteiger partial charge in [0.1, 0.15) is 9.84 Å². The third-order valence-electron chi connectivity index (χ3n) is 2.64. The fourth-order valence-corrected chi connectivity index (χ4v) is 2.35. The maximum absolute atomic E-state index is 13.4. The van der Waals surface area contributed by atoms with Crippen LogP contribution in [0.3, 0.4) is 0 Å². The summed E-state index contributed by atoms with van der Waals surface area (Å²) in [4.78, 5) is 0. The number of rotatable bonds is 5. The highest BCUT2D eigenvalue weighted by molar-refractivity contribution is 7.90. The molecule has 0 saturated carbocycles. The Morgan fingerprint density at radius 1 is 0.950 bits per heavy atom. The smallest absolute Gasteiger partial charge is 0.200 e. The molecule has 1 unspecified atom stereocenters. The number of hydrogen-bond donors (Lipinski definition) is 1. The summed E-state index contributed by atoms with van der Waals surface area (Å²) in [5.74, 6) is -10.7. The highest BCUT2D eigenvalue weighted by Crippen LogP contribution is 2.28. The quantitative estimate of drug-likeness (QED) is 0.514. The molecule has 1 aromatic rings. The van der Waals surface area contributed by atoms with E-state index in [4.69, 9.17) is 5.73 Å². The van der Waals surface area contributed by atoms with Crippen molar-refractivity contribution in [2.45, 2.75) is 18.9 Å². The average Bonchev–Trinajstić information content (AvgIpc) is 2.32. The first kappa shape index (κ1) is 16.8. The van der Waals surface area contributed by atoms with Crippen molar-refractivity contribution in [1.29, 1.82) is 0 Å². The van der Waals surface area contributed by atoms with Crippen LogP contribution in [-0.4, -0.2) is 20.4 Å². The summed E-state index contributed by atoms with van der Waals surface area (Å²) in [7, 11) is -3.30. The number of hydrogen-bond acceptors (Lipinski definition) is 3.